The van der Waals surface area contributed by atoms with E-state index in [-0.39, 0.29) is 17.1 Å². The Morgan fingerprint density at radius 2 is 1.96 bits per heavy atom. The van der Waals surface area contributed by atoms with Crippen molar-refractivity contribution in [2.75, 3.05) is 13.2 Å². The fourth-order valence-electron chi connectivity index (χ4n) is 3.21. The minimum Gasteiger partial charge on any atom is -0.490 e. The van der Waals surface area contributed by atoms with Crippen LogP contribution in [0.4, 0.5) is 4.39 Å². The number of benzene rings is 1. The second kappa shape index (κ2) is 7.60. The fourth-order valence-corrected chi connectivity index (χ4v) is 3.21. The molecule has 1 saturated carbocycles. The van der Waals surface area contributed by atoms with Gasteiger partial charge in [0, 0.05) is 6.20 Å². The van der Waals surface area contributed by atoms with Gasteiger partial charge in [-0.25, -0.2) is 4.39 Å². The summed E-state index contributed by atoms with van der Waals surface area (Å²) >= 11 is 0. The summed E-state index contributed by atoms with van der Waals surface area (Å²) in [5, 5.41) is 8.37. The molecular weight excluding hydrogens is 319 g/mol. The standard InChI is InChI=1S/C17H21FN2O2.C3H4/c1-4-9-20-16(19)13-11(17(20)7-8-17)10-12(21-5-2)15(14(13)18)22-6-3;1-3-2/h4,9-10,19H,5-8H2,1-3H3;1H,2H3. The van der Waals surface area contributed by atoms with Crippen LogP contribution < -0.4 is 9.47 Å². The molecule has 2 aliphatic rings. The molecule has 25 heavy (non-hydrogen) atoms. The van der Waals surface area contributed by atoms with Gasteiger partial charge in [-0.2, -0.15) is 0 Å². The van der Waals surface area contributed by atoms with Crippen LogP contribution in [-0.2, 0) is 5.54 Å². The summed E-state index contributed by atoms with van der Waals surface area (Å²) in [4.78, 5) is 1.87. The molecule has 1 aromatic rings. The molecule has 5 heteroatoms. The van der Waals surface area contributed by atoms with Gasteiger partial charge >= 0.3 is 0 Å². The van der Waals surface area contributed by atoms with Crippen molar-refractivity contribution >= 4 is 5.84 Å². The first kappa shape index (κ1) is 18.9. The van der Waals surface area contributed by atoms with Gasteiger partial charge in [-0.05, 0) is 52.2 Å². The lowest BCUT2D eigenvalue weighted by Gasteiger charge is -2.22. The molecule has 0 unspecified atom stereocenters. The first-order chi connectivity index (χ1) is 12.0. The van der Waals surface area contributed by atoms with Crippen molar-refractivity contribution in [1.29, 1.82) is 5.41 Å². The minimum atomic E-state index is -0.480. The number of hydrogen-bond acceptors (Lipinski definition) is 3. The van der Waals surface area contributed by atoms with Gasteiger partial charge in [-0.15, -0.1) is 12.3 Å². The summed E-state index contributed by atoms with van der Waals surface area (Å²) in [5.74, 6) is 2.52. The lowest BCUT2D eigenvalue weighted by Crippen LogP contribution is -2.27. The first-order valence-corrected chi connectivity index (χ1v) is 8.53. The largest absolute Gasteiger partial charge is 0.490 e. The van der Waals surface area contributed by atoms with Gasteiger partial charge in [0.1, 0.15) is 5.84 Å². The van der Waals surface area contributed by atoms with Crippen LogP contribution in [0.1, 0.15) is 51.7 Å². The summed E-state index contributed by atoms with van der Waals surface area (Å²) < 4.78 is 26.0. The SMILES string of the molecule is C#CC.CC=CN1C(=N)c2c(cc(OCC)c(OCC)c2F)C12CC2. The molecule has 1 aromatic carbocycles. The van der Waals surface area contributed by atoms with Gasteiger partial charge in [0.15, 0.2) is 17.3 Å². The Hall–Kier alpha value is -2.48. The zero-order valence-electron chi connectivity index (χ0n) is 15.3. The number of nitrogens with one attached hydrogen (secondary N) is 1. The fraction of sp³-hybridized carbons (Fsp3) is 0.450. The molecule has 0 aromatic heterocycles. The summed E-state index contributed by atoms with van der Waals surface area (Å²) in [6.45, 7) is 8.03. The number of fused-ring (bicyclic) bond motifs is 2. The monoisotopic (exact) mass is 344 g/mol. The lowest BCUT2D eigenvalue weighted by molar-refractivity contribution is 0.274. The van der Waals surface area contributed by atoms with E-state index < -0.39 is 5.82 Å². The van der Waals surface area contributed by atoms with Crippen LogP contribution in [0.5, 0.6) is 11.5 Å². The molecule has 1 aliphatic heterocycles. The van der Waals surface area contributed by atoms with Gasteiger partial charge in [0.25, 0.3) is 0 Å². The van der Waals surface area contributed by atoms with E-state index in [0.29, 0.717) is 24.5 Å². The normalized spacial score (nSPS) is 16.3. The lowest BCUT2D eigenvalue weighted by atomic mass is 10.0. The Balaban J connectivity index is 0.000000701. The number of terminal acetylenes is 1. The molecular formula is C20H25FN2O2. The van der Waals surface area contributed by atoms with Crippen molar-refractivity contribution in [3.05, 3.63) is 35.3 Å². The Labute approximate surface area is 149 Å². The summed E-state index contributed by atoms with van der Waals surface area (Å²) in [5.41, 5.74) is 0.929. The Bertz CT molecular complexity index is 730. The molecule has 1 spiro atoms. The van der Waals surface area contributed by atoms with Crippen molar-refractivity contribution in [1.82, 2.24) is 4.90 Å². The molecule has 134 valence electrons. The quantitative estimate of drug-likeness (QED) is 0.804. The van der Waals surface area contributed by atoms with E-state index >= 15 is 0 Å². The van der Waals surface area contributed by atoms with Gasteiger partial charge in [-0.3, -0.25) is 5.41 Å². The molecule has 4 nitrogen and oxygen atoms in total. The van der Waals surface area contributed by atoms with Crippen LogP contribution in [0.3, 0.4) is 0 Å². The molecule has 1 aliphatic carbocycles. The molecule has 0 atom stereocenters. The number of amidine groups is 1. The maximum Gasteiger partial charge on any atom is 0.197 e. The smallest absolute Gasteiger partial charge is 0.197 e. The number of halogens is 1. The minimum absolute atomic E-state index is 0.117. The Morgan fingerprint density at radius 1 is 1.36 bits per heavy atom. The summed E-state index contributed by atoms with van der Waals surface area (Å²) in [7, 11) is 0. The van der Waals surface area contributed by atoms with E-state index in [1.54, 1.807) is 6.92 Å². The average Bonchev–Trinajstić information content (AvgIpc) is 3.33. The third-order valence-corrected chi connectivity index (χ3v) is 4.24. The van der Waals surface area contributed by atoms with Gasteiger partial charge in [-0.1, -0.05) is 6.08 Å². The van der Waals surface area contributed by atoms with Gasteiger partial charge < -0.3 is 14.4 Å². The number of ether oxygens (including phenoxy) is 2. The number of allylic oxidation sites excluding steroid dienone is 1. The molecule has 1 N–H and O–H groups in total. The van der Waals surface area contributed by atoms with Crippen LogP contribution in [0.25, 0.3) is 0 Å². The van der Waals surface area contributed by atoms with Crippen molar-refractivity contribution in [3.63, 3.8) is 0 Å². The van der Waals surface area contributed by atoms with E-state index in [4.69, 9.17) is 14.9 Å². The molecule has 1 heterocycles. The summed E-state index contributed by atoms with van der Waals surface area (Å²) in [6.07, 6.45) is 10.2. The van der Waals surface area contributed by atoms with E-state index in [0.717, 1.165) is 18.4 Å². The third-order valence-electron chi connectivity index (χ3n) is 4.24. The number of nitrogens with zero attached hydrogens (tertiary/aromatic N) is 1. The second-order valence-electron chi connectivity index (χ2n) is 5.83. The summed E-state index contributed by atoms with van der Waals surface area (Å²) in [6, 6.07) is 1.86. The highest BCUT2D eigenvalue weighted by atomic mass is 19.1. The van der Waals surface area contributed by atoms with Crippen LogP contribution in [0, 0.1) is 23.6 Å². The molecule has 3 rings (SSSR count). The highest BCUT2D eigenvalue weighted by Crippen LogP contribution is 2.59. The zero-order chi connectivity index (χ0) is 18.6. The predicted molar refractivity (Wildman–Crippen MR) is 97.6 cm³/mol. The van der Waals surface area contributed by atoms with Crippen molar-refractivity contribution in [2.24, 2.45) is 0 Å². The zero-order valence-corrected chi connectivity index (χ0v) is 15.3. The van der Waals surface area contributed by atoms with Gasteiger partial charge in [0.2, 0.25) is 0 Å². The first-order valence-electron chi connectivity index (χ1n) is 8.53. The molecule has 0 amide bonds. The highest BCUT2D eigenvalue weighted by molar-refractivity contribution is 6.04. The third kappa shape index (κ3) is 3.09. The van der Waals surface area contributed by atoms with E-state index in [9.17, 15) is 4.39 Å². The topological polar surface area (TPSA) is 45.6 Å². The van der Waals surface area contributed by atoms with Crippen LogP contribution in [0.15, 0.2) is 18.3 Å². The number of rotatable bonds is 5. The maximum absolute atomic E-state index is 15.0. The van der Waals surface area contributed by atoms with Crippen molar-refractivity contribution in [2.45, 2.75) is 46.1 Å². The molecule has 0 radical (unpaired) electrons. The second-order valence-corrected chi connectivity index (χ2v) is 5.83. The maximum atomic E-state index is 15.0. The van der Waals surface area contributed by atoms with Crippen LogP contribution >= 0.6 is 0 Å². The van der Waals surface area contributed by atoms with Gasteiger partial charge in [0.05, 0.1) is 24.3 Å². The van der Waals surface area contributed by atoms with Crippen LogP contribution in [-0.4, -0.2) is 23.9 Å². The van der Waals surface area contributed by atoms with Crippen LogP contribution in [0.2, 0.25) is 0 Å². The van der Waals surface area contributed by atoms with Crippen molar-refractivity contribution < 1.29 is 13.9 Å². The molecule has 0 saturated heterocycles. The average molecular weight is 344 g/mol. The predicted octanol–water partition coefficient (Wildman–Crippen LogP) is 4.43. The Kier molecular flexibility index (Phi) is 5.73. The van der Waals surface area contributed by atoms with E-state index in [1.165, 1.54) is 0 Å². The van der Waals surface area contributed by atoms with Crippen molar-refractivity contribution in [3.8, 4) is 23.8 Å². The molecule has 0 bridgehead atoms. The number of hydrogen-bond donors (Lipinski definition) is 1. The van der Waals surface area contributed by atoms with E-state index in [1.807, 2.05) is 44.0 Å². The van der Waals surface area contributed by atoms with E-state index in [2.05, 4.69) is 12.3 Å². The molecule has 1 fully saturated rings. The highest BCUT2D eigenvalue weighted by Gasteiger charge is 2.57. The Morgan fingerprint density at radius 3 is 2.44 bits per heavy atom.